The Balaban J connectivity index is 2.80. The van der Waals surface area contributed by atoms with Crippen LogP contribution in [0.1, 0.15) is 46.5 Å². The lowest BCUT2D eigenvalue weighted by Crippen LogP contribution is -2.60. The van der Waals surface area contributed by atoms with Crippen molar-refractivity contribution in [1.29, 1.82) is 0 Å². The van der Waals surface area contributed by atoms with Gasteiger partial charge < -0.3 is 44.5 Å². The fourth-order valence-electron chi connectivity index (χ4n) is 3.37. The minimum atomic E-state index is -1.84. The first-order valence-electron chi connectivity index (χ1n) is 11.0. The number of ether oxygens (including phenoxy) is 4. The van der Waals surface area contributed by atoms with Crippen LogP contribution in [-0.2, 0) is 33.3 Å². The molecule has 1 heterocycles. The van der Waals surface area contributed by atoms with E-state index in [1.165, 1.54) is 13.2 Å². The zero-order valence-corrected chi connectivity index (χ0v) is 20.4. The highest BCUT2D eigenvalue weighted by molar-refractivity contribution is 5.87. The maximum Gasteiger partial charge on any atom is 0.333 e. The van der Waals surface area contributed by atoms with Crippen molar-refractivity contribution in [3.05, 3.63) is 24.3 Å². The Kier molecular flexibility index (Phi) is 11.5. The minimum Gasteiger partial charge on any atom is -0.481 e. The molecule has 0 bridgehead atoms. The Morgan fingerprint density at radius 3 is 2.26 bits per heavy atom. The number of hydrogen-bond acceptors (Lipinski definition) is 11. The van der Waals surface area contributed by atoms with Crippen LogP contribution in [0.25, 0.3) is 0 Å². The van der Waals surface area contributed by atoms with Gasteiger partial charge in [-0.25, -0.2) is 4.79 Å². The standard InChI is InChI=1S/C23H36O12/c1-6-23(4,9-7-8-13(2)20(30)32-5)35-21-19(29)18(28)17(27)14(34-21)12-33-16(26)11-22(3,31)10-15(24)25/h6,8,14,17-19,21,27-29,31H,1,7,9-12H2,2-5H3,(H,24,25)/b13-8+/t14-,17-,18+,19-,21+,22+,23+/m0/s1. The van der Waals surface area contributed by atoms with Crippen LogP contribution in [0.4, 0.5) is 0 Å². The molecule has 1 fully saturated rings. The van der Waals surface area contributed by atoms with Crippen LogP contribution in [0.15, 0.2) is 24.3 Å². The first-order valence-corrected chi connectivity index (χ1v) is 11.0. The van der Waals surface area contributed by atoms with Crippen LogP contribution in [0.5, 0.6) is 0 Å². The van der Waals surface area contributed by atoms with Crippen molar-refractivity contribution in [2.75, 3.05) is 13.7 Å². The third kappa shape index (κ3) is 9.67. The van der Waals surface area contributed by atoms with Gasteiger partial charge in [-0.3, -0.25) is 9.59 Å². The van der Waals surface area contributed by atoms with E-state index in [-0.39, 0.29) is 0 Å². The normalized spacial score (nSPS) is 28.3. The van der Waals surface area contributed by atoms with Gasteiger partial charge in [-0.1, -0.05) is 12.2 Å². The van der Waals surface area contributed by atoms with Crippen LogP contribution >= 0.6 is 0 Å². The monoisotopic (exact) mass is 504 g/mol. The molecule has 0 radical (unpaired) electrons. The van der Waals surface area contributed by atoms with Crippen molar-refractivity contribution >= 4 is 17.9 Å². The molecule has 0 saturated carbocycles. The molecule has 7 atom stereocenters. The molecule has 0 aliphatic carbocycles. The average Bonchev–Trinajstić information content (AvgIpc) is 2.76. The van der Waals surface area contributed by atoms with Crippen LogP contribution in [0, 0.1) is 0 Å². The highest BCUT2D eigenvalue weighted by Crippen LogP contribution is 2.29. The van der Waals surface area contributed by atoms with E-state index in [2.05, 4.69) is 11.3 Å². The zero-order chi connectivity index (χ0) is 27.0. The summed E-state index contributed by atoms with van der Waals surface area (Å²) < 4.78 is 21.0. The Morgan fingerprint density at radius 1 is 1.09 bits per heavy atom. The molecule has 35 heavy (non-hydrogen) atoms. The van der Waals surface area contributed by atoms with Crippen molar-refractivity contribution in [2.24, 2.45) is 0 Å². The van der Waals surface area contributed by atoms with Gasteiger partial charge in [0.15, 0.2) is 6.29 Å². The number of carboxylic acids is 1. The summed E-state index contributed by atoms with van der Waals surface area (Å²) in [5, 5.41) is 49.6. The maximum absolute atomic E-state index is 12.0. The molecule has 1 aliphatic heterocycles. The Bertz CT molecular complexity index is 791. The van der Waals surface area contributed by atoms with Gasteiger partial charge in [-0.15, -0.1) is 6.58 Å². The zero-order valence-electron chi connectivity index (χ0n) is 20.4. The van der Waals surface area contributed by atoms with E-state index in [0.717, 1.165) is 6.92 Å². The molecule has 12 heteroatoms. The van der Waals surface area contributed by atoms with Gasteiger partial charge in [-0.2, -0.15) is 0 Å². The maximum atomic E-state index is 12.0. The van der Waals surface area contributed by atoms with Crippen LogP contribution < -0.4 is 0 Å². The van der Waals surface area contributed by atoms with Crippen molar-refractivity contribution in [2.45, 2.75) is 88.4 Å². The largest absolute Gasteiger partial charge is 0.481 e. The number of carbonyl (C=O) groups excluding carboxylic acids is 2. The summed E-state index contributed by atoms with van der Waals surface area (Å²) in [5.74, 6) is -2.72. The number of aliphatic hydroxyl groups is 4. The summed E-state index contributed by atoms with van der Waals surface area (Å²) in [6.45, 7) is 7.57. The highest BCUT2D eigenvalue weighted by atomic mass is 16.7. The van der Waals surface area contributed by atoms with Crippen LogP contribution in [-0.4, -0.2) is 99.1 Å². The van der Waals surface area contributed by atoms with Gasteiger partial charge in [0.1, 0.15) is 31.0 Å². The lowest BCUT2D eigenvalue weighted by Gasteiger charge is -2.43. The molecule has 0 aromatic heterocycles. The lowest BCUT2D eigenvalue weighted by molar-refractivity contribution is -0.320. The van der Waals surface area contributed by atoms with Crippen molar-refractivity contribution in [3.63, 3.8) is 0 Å². The number of carboxylic acid groups (broad SMARTS) is 1. The molecule has 200 valence electrons. The minimum absolute atomic E-state index is 0.314. The Hall–Kier alpha value is -2.35. The Labute approximate surface area is 203 Å². The lowest BCUT2D eigenvalue weighted by atomic mass is 9.96. The van der Waals surface area contributed by atoms with E-state index in [9.17, 15) is 34.8 Å². The molecule has 1 aliphatic rings. The predicted molar refractivity (Wildman–Crippen MR) is 120 cm³/mol. The molecule has 0 amide bonds. The van der Waals surface area contributed by atoms with E-state index in [1.807, 2.05) is 0 Å². The first-order chi connectivity index (χ1) is 16.1. The molecule has 0 spiro atoms. The van der Waals surface area contributed by atoms with Crippen LogP contribution in [0.3, 0.4) is 0 Å². The van der Waals surface area contributed by atoms with E-state index < -0.39 is 79.3 Å². The van der Waals surface area contributed by atoms with E-state index in [1.54, 1.807) is 19.9 Å². The van der Waals surface area contributed by atoms with Gasteiger partial charge in [0.2, 0.25) is 0 Å². The molecule has 12 nitrogen and oxygen atoms in total. The first kappa shape index (κ1) is 30.7. The quantitative estimate of drug-likeness (QED) is 0.126. The molecule has 0 aromatic rings. The van der Waals surface area contributed by atoms with E-state index in [0.29, 0.717) is 18.4 Å². The second-order valence-electron chi connectivity index (χ2n) is 8.99. The molecule has 0 aromatic carbocycles. The summed E-state index contributed by atoms with van der Waals surface area (Å²) in [7, 11) is 1.27. The van der Waals surface area contributed by atoms with E-state index in [4.69, 9.17) is 19.3 Å². The Morgan fingerprint density at radius 2 is 1.71 bits per heavy atom. The number of rotatable bonds is 13. The number of hydrogen-bond donors (Lipinski definition) is 5. The molecular formula is C23H36O12. The summed E-state index contributed by atoms with van der Waals surface area (Å²) in [6, 6.07) is 0. The molecule has 0 unspecified atom stereocenters. The summed E-state index contributed by atoms with van der Waals surface area (Å²) >= 11 is 0. The fourth-order valence-corrected chi connectivity index (χ4v) is 3.37. The number of aliphatic carboxylic acids is 1. The van der Waals surface area contributed by atoms with Gasteiger partial charge >= 0.3 is 17.9 Å². The van der Waals surface area contributed by atoms with E-state index >= 15 is 0 Å². The smallest absolute Gasteiger partial charge is 0.333 e. The number of aliphatic hydroxyl groups excluding tert-OH is 3. The number of carbonyl (C=O) groups is 3. The fraction of sp³-hybridized carbons (Fsp3) is 0.696. The number of allylic oxidation sites excluding steroid dienone is 1. The topological polar surface area (TPSA) is 189 Å². The summed E-state index contributed by atoms with van der Waals surface area (Å²) in [5.41, 5.74) is -2.52. The van der Waals surface area contributed by atoms with Gasteiger partial charge in [0.05, 0.1) is 31.2 Å². The van der Waals surface area contributed by atoms with Gasteiger partial charge in [0, 0.05) is 5.57 Å². The summed E-state index contributed by atoms with van der Waals surface area (Å²) in [6.07, 6.45) is -5.18. The van der Waals surface area contributed by atoms with Crippen LogP contribution in [0.2, 0.25) is 0 Å². The van der Waals surface area contributed by atoms with Crippen molar-refractivity contribution in [1.82, 2.24) is 0 Å². The predicted octanol–water partition coefficient (Wildman–Crippen LogP) is -0.186. The number of esters is 2. The number of methoxy groups -OCH3 is 1. The van der Waals surface area contributed by atoms with Crippen molar-refractivity contribution in [3.8, 4) is 0 Å². The molecular weight excluding hydrogens is 468 g/mol. The summed E-state index contributed by atoms with van der Waals surface area (Å²) in [4.78, 5) is 34.3. The van der Waals surface area contributed by atoms with Crippen molar-refractivity contribution < 1.29 is 58.9 Å². The highest BCUT2D eigenvalue weighted by Gasteiger charge is 2.46. The third-order valence-corrected chi connectivity index (χ3v) is 5.55. The molecule has 1 rings (SSSR count). The van der Waals surface area contributed by atoms with Gasteiger partial charge in [-0.05, 0) is 33.6 Å². The third-order valence-electron chi connectivity index (χ3n) is 5.55. The molecule has 1 saturated heterocycles. The SMILES string of the molecule is C=C[C@](C)(CC/C=C(\C)C(=O)OC)O[C@H]1O[C@@H](COC(=O)C[C@](C)(O)CC(=O)O)[C@H](O)[C@@H](O)[C@@H]1O. The second kappa shape index (κ2) is 13.1. The van der Waals surface area contributed by atoms with Gasteiger partial charge in [0.25, 0.3) is 0 Å². The molecule has 5 N–H and O–H groups in total. The average molecular weight is 505 g/mol. The second-order valence-corrected chi connectivity index (χ2v) is 8.99.